The number of aliphatic imine (C=N–C) groups is 1. The molecule has 0 unspecified atom stereocenters. The number of hydrogen-bond acceptors (Lipinski definition) is 6. The van der Waals surface area contributed by atoms with Gasteiger partial charge in [-0.2, -0.15) is 0 Å². The van der Waals surface area contributed by atoms with Crippen molar-refractivity contribution in [3.63, 3.8) is 0 Å². The molecular weight excluding hydrogens is 286 g/mol. The van der Waals surface area contributed by atoms with Crippen LogP contribution in [0, 0.1) is 10.1 Å². The zero-order valence-corrected chi connectivity index (χ0v) is 11.2. The number of rotatable bonds is 3. The van der Waals surface area contributed by atoms with Crippen molar-refractivity contribution in [2.24, 2.45) is 4.99 Å². The predicted octanol–water partition coefficient (Wildman–Crippen LogP) is 2.33. The van der Waals surface area contributed by atoms with Crippen LogP contribution in [0.1, 0.15) is 11.3 Å². The normalized spacial score (nSPS) is 15.5. The molecule has 1 aromatic heterocycles. The summed E-state index contributed by atoms with van der Waals surface area (Å²) in [6.07, 6.45) is 3.09. The Hall–Kier alpha value is -3.35. The van der Waals surface area contributed by atoms with Crippen molar-refractivity contribution >= 4 is 23.6 Å². The van der Waals surface area contributed by atoms with Gasteiger partial charge in [-0.25, -0.2) is 9.79 Å². The Labute approximate surface area is 124 Å². The number of pyridine rings is 1. The molecule has 7 nitrogen and oxygen atoms in total. The molecule has 2 aromatic rings. The Kier molecular flexibility index (Phi) is 3.45. The van der Waals surface area contributed by atoms with Crippen LogP contribution >= 0.6 is 0 Å². The van der Waals surface area contributed by atoms with E-state index >= 15 is 0 Å². The third kappa shape index (κ3) is 2.73. The second-order valence-corrected chi connectivity index (χ2v) is 4.40. The molecular formula is C15H9N3O4. The van der Waals surface area contributed by atoms with E-state index in [1.165, 1.54) is 24.3 Å². The highest BCUT2D eigenvalue weighted by Gasteiger charge is 2.25. The van der Waals surface area contributed by atoms with Gasteiger partial charge in [0.2, 0.25) is 5.90 Å². The number of benzene rings is 1. The number of esters is 1. The van der Waals surface area contributed by atoms with E-state index in [4.69, 9.17) is 4.74 Å². The molecule has 108 valence electrons. The molecule has 0 spiro atoms. The number of ether oxygens (including phenoxy) is 1. The van der Waals surface area contributed by atoms with Gasteiger partial charge in [-0.1, -0.05) is 12.1 Å². The molecule has 7 heteroatoms. The van der Waals surface area contributed by atoms with E-state index in [-0.39, 0.29) is 17.3 Å². The maximum atomic E-state index is 11.8. The number of carbonyl (C=O) groups is 1. The van der Waals surface area contributed by atoms with Gasteiger partial charge in [-0.05, 0) is 24.3 Å². The third-order valence-electron chi connectivity index (χ3n) is 2.90. The summed E-state index contributed by atoms with van der Waals surface area (Å²) in [6, 6.07) is 11.0. The van der Waals surface area contributed by atoms with E-state index < -0.39 is 10.9 Å². The van der Waals surface area contributed by atoms with Gasteiger partial charge in [-0.3, -0.25) is 15.1 Å². The van der Waals surface area contributed by atoms with Gasteiger partial charge in [0.1, 0.15) is 0 Å². The van der Waals surface area contributed by atoms with E-state index in [0.717, 1.165) is 0 Å². The van der Waals surface area contributed by atoms with E-state index in [2.05, 4.69) is 9.98 Å². The minimum Gasteiger partial charge on any atom is -0.402 e. The lowest BCUT2D eigenvalue weighted by Crippen LogP contribution is -2.05. The summed E-state index contributed by atoms with van der Waals surface area (Å²) in [5.74, 6) is -0.581. The van der Waals surface area contributed by atoms with E-state index in [1.54, 1.807) is 30.5 Å². The summed E-state index contributed by atoms with van der Waals surface area (Å²) >= 11 is 0. The van der Waals surface area contributed by atoms with Crippen molar-refractivity contribution < 1.29 is 14.5 Å². The van der Waals surface area contributed by atoms with Crippen molar-refractivity contribution in [2.75, 3.05) is 0 Å². The van der Waals surface area contributed by atoms with Crippen LogP contribution < -0.4 is 0 Å². The van der Waals surface area contributed by atoms with Crippen LogP contribution in [0.25, 0.3) is 6.08 Å². The van der Waals surface area contributed by atoms with E-state index in [1.807, 2.05) is 0 Å². The van der Waals surface area contributed by atoms with Gasteiger partial charge < -0.3 is 4.74 Å². The zero-order chi connectivity index (χ0) is 15.5. The largest absolute Gasteiger partial charge is 0.402 e. The van der Waals surface area contributed by atoms with Gasteiger partial charge >= 0.3 is 5.97 Å². The van der Waals surface area contributed by atoms with Crippen LogP contribution in [0.4, 0.5) is 5.69 Å². The summed E-state index contributed by atoms with van der Waals surface area (Å²) < 4.78 is 5.06. The number of aromatic nitrogens is 1. The van der Waals surface area contributed by atoms with Crippen molar-refractivity contribution in [3.05, 3.63) is 75.7 Å². The second-order valence-electron chi connectivity index (χ2n) is 4.40. The fraction of sp³-hybridized carbons (Fsp3) is 0. The highest BCUT2D eigenvalue weighted by Crippen LogP contribution is 2.21. The Balaban J connectivity index is 1.95. The lowest BCUT2D eigenvalue weighted by molar-refractivity contribution is -0.384. The van der Waals surface area contributed by atoms with Gasteiger partial charge in [0.25, 0.3) is 5.69 Å². The second kappa shape index (κ2) is 5.57. The highest BCUT2D eigenvalue weighted by molar-refractivity contribution is 6.12. The summed E-state index contributed by atoms with van der Waals surface area (Å²) in [5.41, 5.74) is 0.934. The lowest BCUT2D eigenvalue weighted by Gasteiger charge is -1.98. The highest BCUT2D eigenvalue weighted by atomic mass is 16.6. The molecule has 1 aliphatic heterocycles. The Morgan fingerprint density at radius 2 is 2.05 bits per heavy atom. The van der Waals surface area contributed by atoms with Gasteiger partial charge in [-0.15, -0.1) is 0 Å². The Morgan fingerprint density at radius 3 is 2.77 bits per heavy atom. The average molecular weight is 295 g/mol. The molecule has 3 rings (SSSR count). The molecule has 0 radical (unpaired) electrons. The minimum absolute atomic E-state index is 0.0379. The molecule has 0 bridgehead atoms. The number of carbonyl (C=O) groups excluding carboxylic acids is 1. The maximum absolute atomic E-state index is 11.8. The molecule has 0 atom stereocenters. The summed E-state index contributed by atoms with van der Waals surface area (Å²) in [7, 11) is 0. The van der Waals surface area contributed by atoms with E-state index in [9.17, 15) is 14.9 Å². The molecule has 22 heavy (non-hydrogen) atoms. The van der Waals surface area contributed by atoms with Crippen LogP contribution in [-0.2, 0) is 9.53 Å². The molecule has 0 amide bonds. The lowest BCUT2D eigenvalue weighted by atomic mass is 10.2. The molecule has 0 N–H and O–H groups in total. The standard InChI is InChI=1S/C15H9N3O4/c19-15-13(9-11-5-1-2-7-16-11)17-14(22-15)10-4-3-6-12(8-10)18(20)21/h1-9H/b13-9+. The fourth-order valence-electron chi connectivity index (χ4n) is 1.89. The van der Waals surface area contributed by atoms with Gasteiger partial charge in [0, 0.05) is 23.9 Å². The smallest absolute Gasteiger partial charge is 0.363 e. The van der Waals surface area contributed by atoms with E-state index in [0.29, 0.717) is 11.3 Å². The number of nitrogens with zero attached hydrogens (tertiary/aromatic N) is 3. The molecule has 0 saturated carbocycles. The Morgan fingerprint density at radius 1 is 1.18 bits per heavy atom. The first-order chi connectivity index (χ1) is 10.6. The van der Waals surface area contributed by atoms with Crippen LogP contribution in [0.3, 0.4) is 0 Å². The first-order valence-corrected chi connectivity index (χ1v) is 6.32. The average Bonchev–Trinajstić information content (AvgIpc) is 2.89. The maximum Gasteiger partial charge on any atom is 0.363 e. The molecule has 1 aromatic carbocycles. The Bertz CT molecular complexity index is 813. The van der Waals surface area contributed by atoms with Crippen molar-refractivity contribution in [1.82, 2.24) is 4.98 Å². The monoisotopic (exact) mass is 295 g/mol. The zero-order valence-electron chi connectivity index (χ0n) is 11.2. The number of cyclic esters (lactones) is 1. The minimum atomic E-state index is -0.618. The number of nitro benzene ring substituents is 1. The van der Waals surface area contributed by atoms with Crippen molar-refractivity contribution in [2.45, 2.75) is 0 Å². The molecule has 2 heterocycles. The SMILES string of the molecule is O=C1OC(c2cccc([N+](=O)[O-])c2)=N/C1=C/c1ccccn1. The molecule has 0 saturated heterocycles. The summed E-state index contributed by atoms with van der Waals surface area (Å²) in [4.78, 5) is 30.2. The number of nitro groups is 1. The first kappa shape index (κ1) is 13.6. The van der Waals surface area contributed by atoms with Crippen LogP contribution in [0.2, 0.25) is 0 Å². The molecule has 0 aliphatic carbocycles. The summed E-state index contributed by atoms with van der Waals surface area (Å²) in [6.45, 7) is 0. The van der Waals surface area contributed by atoms with Gasteiger partial charge in [0.05, 0.1) is 10.6 Å². The third-order valence-corrected chi connectivity index (χ3v) is 2.90. The topological polar surface area (TPSA) is 94.7 Å². The van der Waals surface area contributed by atoms with Crippen molar-refractivity contribution in [1.29, 1.82) is 0 Å². The van der Waals surface area contributed by atoms with Crippen LogP contribution in [0.5, 0.6) is 0 Å². The first-order valence-electron chi connectivity index (χ1n) is 6.32. The molecule has 1 aliphatic rings. The predicted molar refractivity (Wildman–Crippen MR) is 77.9 cm³/mol. The van der Waals surface area contributed by atoms with Crippen LogP contribution in [-0.4, -0.2) is 21.8 Å². The fourth-order valence-corrected chi connectivity index (χ4v) is 1.89. The van der Waals surface area contributed by atoms with Gasteiger partial charge in [0.15, 0.2) is 5.70 Å². The molecule has 0 fully saturated rings. The number of hydrogen-bond donors (Lipinski definition) is 0. The van der Waals surface area contributed by atoms with Crippen molar-refractivity contribution in [3.8, 4) is 0 Å². The number of non-ortho nitro benzene ring substituents is 1. The quantitative estimate of drug-likeness (QED) is 0.375. The van der Waals surface area contributed by atoms with Crippen LogP contribution in [0.15, 0.2) is 59.4 Å². The summed E-state index contributed by atoms with van der Waals surface area (Å²) in [5, 5.41) is 10.8.